The van der Waals surface area contributed by atoms with E-state index in [9.17, 15) is 4.39 Å². The highest BCUT2D eigenvalue weighted by atomic mass is 32.2. The van der Waals surface area contributed by atoms with Gasteiger partial charge >= 0.3 is 0 Å². The SMILES string of the molecule is NCC1CCC(CNSc2ccc(F)cc2)CC1. The zero-order valence-corrected chi connectivity index (χ0v) is 11.4. The molecule has 0 bridgehead atoms. The van der Waals surface area contributed by atoms with Gasteiger partial charge in [0.1, 0.15) is 5.82 Å². The van der Waals surface area contributed by atoms with E-state index in [-0.39, 0.29) is 5.82 Å². The molecule has 0 radical (unpaired) electrons. The standard InChI is InChI=1S/C14H21FN2S/c15-13-5-7-14(8-6-13)18-17-10-12-3-1-11(9-16)2-4-12/h5-8,11-12,17H,1-4,9-10,16H2. The number of rotatable bonds is 5. The van der Waals surface area contributed by atoms with E-state index in [4.69, 9.17) is 5.73 Å². The topological polar surface area (TPSA) is 38.0 Å². The molecule has 0 saturated heterocycles. The Hall–Kier alpha value is -0.580. The average Bonchev–Trinajstić information content (AvgIpc) is 2.42. The van der Waals surface area contributed by atoms with E-state index in [0.29, 0.717) is 0 Å². The second-order valence-electron chi connectivity index (χ2n) is 5.03. The molecular formula is C14H21FN2S. The van der Waals surface area contributed by atoms with Crippen LogP contribution >= 0.6 is 11.9 Å². The Balaban J connectivity index is 1.65. The summed E-state index contributed by atoms with van der Waals surface area (Å²) in [6, 6.07) is 6.60. The molecule has 0 aliphatic heterocycles. The summed E-state index contributed by atoms with van der Waals surface area (Å²) in [5.41, 5.74) is 5.69. The van der Waals surface area contributed by atoms with Crippen LogP contribution in [0.1, 0.15) is 25.7 Å². The molecule has 100 valence electrons. The molecule has 0 atom stereocenters. The summed E-state index contributed by atoms with van der Waals surface area (Å²) in [6.07, 6.45) is 5.09. The number of hydrogen-bond donors (Lipinski definition) is 2. The first-order valence-electron chi connectivity index (χ1n) is 6.63. The lowest BCUT2D eigenvalue weighted by Gasteiger charge is -2.27. The fourth-order valence-corrected chi connectivity index (χ4v) is 3.17. The molecule has 1 aliphatic carbocycles. The number of halogens is 1. The van der Waals surface area contributed by atoms with Gasteiger partial charge in [0, 0.05) is 11.4 Å². The van der Waals surface area contributed by atoms with Crippen molar-refractivity contribution in [1.29, 1.82) is 0 Å². The predicted molar refractivity (Wildman–Crippen MR) is 74.8 cm³/mol. The van der Waals surface area contributed by atoms with Crippen LogP contribution in [-0.4, -0.2) is 13.1 Å². The van der Waals surface area contributed by atoms with Crippen LogP contribution in [0.4, 0.5) is 4.39 Å². The minimum absolute atomic E-state index is 0.181. The molecule has 0 unspecified atom stereocenters. The molecule has 1 aromatic carbocycles. The summed E-state index contributed by atoms with van der Waals surface area (Å²) in [5.74, 6) is 1.33. The minimum atomic E-state index is -0.181. The van der Waals surface area contributed by atoms with Gasteiger partial charge in [-0.1, -0.05) is 0 Å². The molecule has 0 heterocycles. The molecule has 1 saturated carbocycles. The Morgan fingerprint density at radius 1 is 1.11 bits per heavy atom. The Bertz CT molecular complexity index is 347. The third-order valence-corrected chi connectivity index (χ3v) is 4.49. The summed E-state index contributed by atoms with van der Waals surface area (Å²) >= 11 is 1.59. The first kappa shape index (κ1) is 13.8. The highest BCUT2D eigenvalue weighted by molar-refractivity contribution is 7.97. The molecule has 0 spiro atoms. The van der Waals surface area contributed by atoms with E-state index < -0.39 is 0 Å². The zero-order chi connectivity index (χ0) is 12.8. The van der Waals surface area contributed by atoms with Crippen molar-refractivity contribution in [2.45, 2.75) is 30.6 Å². The van der Waals surface area contributed by atoms with Gasteiger partial charge in [0.05, 0.1) is 0 Å². The average molecular weight is 268 g/mol. The fourth-order valence-electron chi connectivity index (χ4n) is 2.42. The van der Waals surface area contributed by atoms with Crippen LogP contribution in [0.3, 0.4) is 0 Å². The normalized spacial score (nSPS) is 24.1. The molecule has 2 rings (SSSR count). The van der Waals surface area contributed by atoms with Crippen LogP contribution in [0.15, 0.2) is 29.2 Å². The van der Waals surface area contributed by atoms with E-state index in [1.54, 1.807) is 24.1 Å². The molecule has 4 heteroatoms. The summed E-state index contributed by atoms with van der Waals surface area (Å²) in [5, 5.41) is 0. The van der Waals surface area contributed by atoms with E-state index in [1.165, 1.54) is 37.8 Å². The molecule has 1 aliphatic rings. The largest absolute Gasteiger partial charge is 0.330 e. The number of benzene rings is 1. The van der Waals surface area contributed by atoms with Crippen molar-refractivity contribution in [1.82, 2.24) is 4.72 Å². The summed E-state index contributed by atoms with van der Waals surface area (Å²) in [7, 11) is 0. The maximum absolute atomic E-state index is 12.7. The molecule has 1 aromatic rings. The molecular weight excluding hydrogens is 247 g/mol. The third-order valence-electron chi connectivity index (χ3n) is 3.68. The van der Waals surface area contributed by atoms with Crippen molar-refractivity contribution in [2.24, 2.45) is 17.6 Å². The lowest BCUT2D eigenvalue weighted by atomic mass is 9.82. The zero-order valence-electron chi connectivity index (χ0n) is 10.6. The second-order valence-corrected chi connectivity index (χ2v) is 5.99. The van der Waals surface area contributed by atoms with Crippen LogP contribution in [0.5, 0.6) is 0 Å². The summed E-state index contributed by atoms with van der Waals surface area (Å²) in [4.78, 5) is 1.06. The Kier molecular flexibility index (Phi) is 5.47. The van der Waals surface area contributed by atoms with E-state index in [2.05, 4.69) is 4.72 Å². The van der Waals surface area contributed by atoms with E-state index in [0.717, 1.165) is 29.8 Å². The van der Waals surface area contributed by atoms with Crippen LogP contribution in [0.25, 0.3) is 0 Å². The van der Waals surface area contributed by atoms with E-state index >= 15 is 0 Å². The summed E-state index contributed by atoms with van der Waals surface area (Å²) in [6.45, 7) is 1.86. The number of hydrogen-bond acceptors (Lipinski definition) is 3. The monoisotopic (exact) mass is 268 g/mol. The number of nitrogens with one attached hydrogen (secondary N) is 1. The van der Waals surface area contributed by atoms with Crippen molar-refractivity contribution < 1.29 is 4.39 Å². The van der Waals surface area contributed by atoms with Gasteiger partial charge < -0.3 is 5.73 Å². The fraction of sp³-hybridized carbons (Fsp3) is 0.571. The molecule has 0 amide bonds. The maximum atomic E-state index is 12.7. The first-order valence-corrected chi connectivity index (χ1v) is 7.45. The van der Waals surface area contributed by atoms with Crippen LogP contribution < -0.4 is 10.5 Å². The van der Waals surface area contributed by atoms with Crippen molar-refractivity contribution in [3.63, 3.8) is 0 Å². The van der Waals surface area contributed by atoms with Gasteiger partial charge in [-0.25, -0.2) is 4.39 Å². The summed E-state index contributed by atoms with van der Waals surface area (Å²) < 4.78 is 16.1. The lowest BCUT2D eigenvalue weighted by Crippen LogP contribution is -2.26. The minimum Gasteiger partial charge on any atom is -0.330 e. The Morgan fingerprint density at radius 3 is 2.33 bits per heavy atom. The van der Waals surface area contributed by atoms with Crippen molar-refractivity contribution in [3.05, 3.63) is 30.1 Å². The van der Waals surface area contributed by atoms with Crippen molar-refractivity contribution in [2.75, 3.05) is 13.1 Å². The molecule has 2 nitrogen and oxygen atoms in total. The molecule has 0 aromatic heterocycles. The predicted octanol–water partition coefficient (Wildman–Crippen LogP) is 3.19. The Morgan fingerprint density at radius 2 is 1.72 bits per heavy atom. The van der Waals surface area contributed by atoms with Crippen LogP contribution in [0.2, 0.25) is 0 Å². The smallest absolute Gasteiger partial charge is 0.123 e. The van der Waals surface area contributed by atoms with E-state index in [1.807, 2.05) is 0 Å². The first-order chi connectivity index (χ1) is 8.78. The van der Waals surface area contributed by atoms with Crippen LogP contribution in [-0.2, 0) is 0 Å². The highest BCUT2D eigenvalue weighted by Gasteiger charge is 2.19. The van der Waals surface area contributed by atoms with Gasteiger partial charge in [0.2, 0.25) is 0 Å². The highest BCUT2D eigenvalue weighted by Crippen LogP contribution is 2.28. The molecule has 18 heavy (non-hydrogen) atoms. The van der Waals surface area contributed by atoms with Gasteiger partial charge in [0.15, 0.2) is 0 Å². The van der Waals surface area contributed by atoms with Crippen molar-refractivity contribution in [3.8, 4) is 0 Å². The van der Waals surface area contributed by atoms with Gasteiger partial charge in [-0.05, 0) is 80.3 Å². The van der Waals surface area contributed by atoms with Crippen molar-refractivity contribution >= 4 is 11.9 Å². The third kappa shape index (κ3) is 4.26. The van der Waals surface area contributed by atoms with Gasteiger partial charge in [-0.2, -0.15) is 0 Å². The molecule has 1 fully saturated rings. The number of nitrogens with two attached hydrogens (primary N) is 1. The van der Waals surface area contributed by atoms with Gasteiger partial charge in [0.25, 0.3) is 0 Å². The lowest BCUT2D eigenvalue weighted by molar-refractivity contribution is 0.281. The molecule has 3 N–H and O–H groups in total. The maximum Gasteiger partial charge on any atom is 0.123 e. The second kappa shape index (κ2) is 7.12. The van der Waals surface area contributed by atoms with Crippen LogP contribution in [0, 0.1) is 17.7 Å². The van der Waals surface area contributed by atoms with Gasteiger partial charge in [-0.3, -0.25) is 4.72 Å². The Labute approximate surface area is 113 Å². The van der Waals surface area contributed by atoms with Gasteiger partial charge in [-0.15, -0.1) is 0 Å². The quantitative estimate of drug-likeness (QED) is 0.805.